The summed E-state index contributed by atoms with van der Waals surface area (Å²) < 4.78 is 13.0. The Hall–Kier alpha value is -0.820. The van der Waals surface area contributed by atoms with Crippen LogP contribution in [-0.2, 0) is 19.1 Å². The minimum atomic E-state index is -0.832. The number of esters is 2. The molecule has 0 amide bonds. The van der Waals surface area contributed by atoms with Crippen molar-refractivity contribution in [3.63, 3.8) is 0 Å². The first-order valence-electron chi connectivity index (χ1n) is 24.8. The molecule has 5 nitrogen and oxygen atoms in total. The first kappa shape index (κ1) is 55.2. The van der Waals surface area contributed by atoms with Crippen LogP contribution >= 0.6 is 25.0 Å². The molecular formula is C49H95NO4S2. The van der Waals surface area contributed by atoms with Crippen LogP contribution in [0.1, 0.15) is 271 Å². The summed E-state index contributed by atoms with van der Waals surface area (Å²) in [5.74, 6) is -1.63. The standard InChI is InChI=1S/C49H95NO4S2/c1-4-7-10-13-16-19-22-23-24-25-26-27-28-29-30-33-36-39-42-50(56)48(55)46(49(52)54-44-41-38-35-32-21-18-15-12-9-6-3)45-47(51)53-43-40-37-34-31-20-17-14-11-8-5-2/h46,56H,4-45H2,1-3H3. The Bertz CT molecular complexity index is 856. The van der Waals surface area contributed by atoms with Gasteiger partial charge in [0.1, 0.15) is 10.9 Å². The summed E-state index contributed by atoms with van der Waals surface area (Å²) in [4.78, 5) is 26.6. The van der Waals surface area contributed by atoms with Crippen LogP contribution in [0.4, 0.5) is 0 Å². The van der Waals surface area contributed by atoms with Crippen LogP contribution in [0.15, 0.2) is 0 Å². The van der Waals surface area contributed by atoms with Gasteiger partial charge in [0.2, 0.25) is 0 Å². The second-order valence-corrected chi connectivity index (χ2v) is 17.9. The lowest BCUT2D eigenvalue weighted by Gasteiger charge is -2.24. The first-order valence-corrected chi connectivity index (χ1v) is 25.6. The zero-order valence-electron chi connectivity index (χ0n) is 37.7. The average molecular weight is 826 g/mol. The third-order valence-electron chi connectivity index (χ3n) is 11.4. The normalized spacial score (nSPS) is 11.9. The Morgan fingerprint density at radius 1 is 0.429 bits per heavy atom. The van der Waals surface area contributed by atoms with Crippen LogP contribution in [-0.4, -0.2) is 41.0 Å². The molecule has 1 atom stereocenters. The Morgan fingerprint density at radius 2 is 0.696 bits per heavy atom. The van der Waals surface area contributed by atoms with Gasteiger partial charge in [-0.2, -0.15) is 0 Å². The zero-order valence-corrected chi connectivity index (χ0v) is 39.4. The molecule has 0 aromatic rings. The Balaban J connectivity index is 4.39. The van der Waals surface area contributed by atoms with Gasteiger partial charge in [-0.05, 0) is 19.3 Å². The molecule has 0 aliphatic rings. The number of rotatable bonds is 45. The van der Waals surface area contributed by atoms with Crippen molar-refractivity contribution >= 4 is 42.0 Å². The van der Waals surface area contributed by atoms with Crippen molar-refractivity contribution in [2.24, 2.45) is 5.92 Å². The van der Waals surface area contributed by atoms with Gasteiger partial charge < -0.3 is 13.8 Å². The lowest BCUT2D eigenvalue weighted by molar-refractivity contribution is -0.153. The van der Waals surface area contributed by atoms with Crippen LogP contribution in [0.2, 0.25) is 0 Å². The Morgan fingerprint density at radius 3 is 1.02 bits per heavy atom. The van der Waals surface area contributed by atoms with Crippen molar-refractivity contribution in [1.82, 2.24) is 4.31 Å². The molecule has 0 bridgehead atoms. The molecule has 0 heterocycles. The molecule has 0 aliphatic heterocycles. The van der Waals surface area contributed by atoms with Crippen molar-refractivity contribution in [2.45, 2.75) is 271 Å². The second-order valence-electron chi connectivity index (χ2n) is 17.0. The number of carbonyl (C=O) groups excluding carboxylic acids is 2. The number of hydrogen-bond acceptors (Lipinski definition) is 6. The molecule has 1 unspecified atom stereocenters. The van der Waals surface area contributed by atoms with E-state index in [4.69, 9.17) is 21.7 Å². The maximum atomic E-state index is 13.3. The molecule has 332 valence electrons. The molecule has 56 heavy (non-hydrogen) atoms. The van der Waals surface area contributed by atoms with Crippen LogP contribution in [0, 0.1) is 5.92 Å². The maximum Gasteiger partial charge on any atom is 0.316 e. The highest BCUT2D eigenvalue weighted by atomic mass is 32.1. The second kappa shape index (κ2) is 45.3. The molecule has 0 rings (SSSR count). The SMILES string of the molecule is CCCCCCCCCCCCCCCCCCCCN(S)C(=S)C(CC(=O)OCCCCCCCCCCCC)C(=O)OCCCCCCCCCCCC. The van der Waals surface area contributed by atoms with Gasteiger partial charge in [-0.25, -0.2) is 0 Å². The van der Waals surface area contributed by atoms with Crippen LogP contribution in [0.5, 0.6) is 0 Å². The smallest absolute Gasteiger partial charge is 0.316 e. The Kier molecular flexibility index (Phi) is 44.6. The van der Waals surface area contributed by atoms with Gasteiger partial charge in [-0.3, -0.25) is 9.59 Å². The van der Waals surface area contributed by atoms with E-state index < -0.39 is 11.9 Å². The molecule has 0 aromatic heterocycles. The fourth-order valence-electron chi connectivity index (χ4n) is 7.59. The summed E-state index contributed by atoms with van der Waals surface area (Å²) in [6, 6.07) is 0. The minimum Gasteiger partial charge on any atom is -0.466 e. The van der Waals surface area contributed by atoms with E-state index in [0.29, 0.717) is 24.7 Å². The molecule has 0 saturated carbocycles. The lowest BCUT2D eigenvalue weighted by Crippen LogP contribution is -2.36. The van der Waals surface area contributed by atoms with Gasteiger partial charge in [0.25, 0.3) is 0 Å². The number of carbonyl (C=O) groups is 2. The topological polar surface area (TPSA) is 55.8 Å². The van der Waals surface area contributed by atoms with Gasteiger partial charge >= 0.3 is 11.9 Å². The molecule has 0 aromatic carbocycles. The number of unbranched alkanes of at least 4 members (excludes halogenated alkanes) is 35. The lowest BCUT2D eigenvalue weighted by atomic mass is 10.0. The monoisotopic (exact) mass is 826 g/mol. The molecule has 0 aliphatic carbocycles. The summed E-state index contributed by atoms with van der Waals surface area (Å²) in [7, 11) is 0. The fraction of sp³-hybridized carbons (Fsp3) is 0.939. The number of hydrogen-bond donors (Lipinski definition) is 1. The minimum absolute atomic E-state index is 0.0797. The van der Waals surface area contributed by atoms with Crippen LogP contribution in [0.25, 0.3) is 0 Å². The summed E-state index contributed by atoms with van der Waals surface area (Å²) >= 11 is 10.4. The van der Waals surface area contributed by atoms with Crippen molar-refractivity contribution in [3.05, 3.63) is 0 Å². The predicted molar refractivity (Wildman–Crippen MR) is 251 cm³/mol. The van der Waals surface area contributed by atoms with Gasteiger partial charge in [-0.15, -0.1) is 0 Å². The molecule has 0 N–H and O–H groups in total. The van der Waals surface area contributed by atoms with Crippen molar-refractivity contribution < 1.29 is 19.1 Å². The number of thiocarbonyl (C=S) groups is 1. The maximum absolute atomic E-state index is 13.3. The van der Waals surface area contributed by atoms with Gasteiger partial charge in [0, 0.05) is 6.54 Å². The van der Waals surface area contributed by atoms with Crippen LogP contribution in [0.3, 0.4) is 0 Å². The van der Waals surface area contributed by atoms with E-state index in [2.05, 4.69) is 33.6 Å². The molecule has 0 radical (unpaired) electrons. The highest BCUT2D eigenvalue weighted by Gasteiger charge is 2.31. The molecule has 0 saturated heterocycles. The molecule has 7 heteroatoms. The van der Waals surface area contributed by atoms with E-state index >= 15 is 0 Å². The third-order valence-corrected chi connectivity index (χ3v) is 12.5. The van der Waals surface area contributed by atoms with E-state index in [9.17, 15) is 9.59 Å². The summed E-state index contributed by atoms with van der Waals surface area (Å²) in [5, 5.41) is 0. The average Bonchev–Trinajstić information content (AvgIpc) is 3.20. The van der Waals surface area contributed by atoms with Gasteiger partial charge in [0.15, 0.2) is 0 Å². The van der Waals surface area contributed by atoms with Crippen molar-refractivity contribution in [2.75, 3.05) is 19.8 Å². The van der Waals surface area contributed by atoms with E-state index in [1.165, 1.54) is 205 Å². The van der Waals surface area contributed by atoms with Crippen molar-refractivity contribution in [1.29, 1.82) is 0 Å². The van der Waals surface area contributed by atoms with E-state index in [-0.39, 0.29) is 12.4 Å². The van der Waals surface area contributed by atoms with E-state index in [1.807, 2.05) is 0 Å². The zero-order chi connectivity index (χ0) is 41.0. The number of thiol groups is 1. The van der Waals surface area contributed by atoms with Crippen molar-refractivity contribution in [3.8, 4) is 0 Å². The number of nitrogens with zero attached hydrogens (tertiary/aromatic N) is 1. The Labute approximate surface area is 360 Å². The van der Waals surface area contributed by atoms with E-state index in [0.717, 1.165) is 38.5 Å². The largest absolute Gasteiger partial charge is 0.466 e. The molecule has 0 fully saturated rings. The predicted octanol–water partition coefficient (Wildman–Crippen LogP) is 16.4. The number of ether oxygens (including phenoxy) is 2. The summed E-state index contributed by atoms with van der Waals surface area (Å²) in [5.41, 5.74) is 0. The summed E-state index contributed by atoms with van der Waals surface area (Å²) in [6.07, 6.45) is 48.6. The highest BCUT2D eigenvalue weighted by Crippen LogP contribution is 2.19. The van der Waals surface area contributed by atoms with E-state index in [1.54, 1.807) is 4.31 Å². The van der Waals surface area contributed by atoms with Gasteiger partial charge in [-0.1, -0.05) is 271 Å². The summed E-state index contributed by atoms with van der Waals surface area (Å²) in [6.45, 7) is 8.23. The molecular weight excluding hydrogens is 731 g/mol. The first-order chi connectivity index (χ1) is 27.5. The van der Waals surface area contributed by atoms with Crippen LogP contribution < -0.4 is 0 Å². The fourth-order valence-corrected chi connectivity index (χ4v) is 8.14. The quantitative estimate of drug-likeness (QED) is 0.0286. The molecule has 0 spiro atoms. The third kappa shape index (κ3) is 38.7. The highest BCUT2D eigenvalue weighted by molar-refractivity contribution is 7.84. The van der Waals surface area contributed by atoms with Gasteiger partial charge in [0.05, 0.1) is 19.6 Å².